The van der Waals surface area contributed by atoms with Crippen molar-refractivity contribution in [1.29, 1.82) is 0 Å². The van der Waals surface area contributed by atoms with Crippen molar-refractivity contribution < 1.29 is 42.5 Å². The molecule has 0 fully saturated rings. The van der Waals surface area contributed by atoms with E-state index in [0.717, 1.165) is 13.0 Å². The number of unbranched alkanes of at least 4 members (excludes halogenated alkanes) is 15. The largest absolute Gasteiger partial charge is 1.00 e. The van der Waals surface area contributed by atoms with Crippen LogP contribution in [0.2, 0.25) is 0 Å². The molecule has 0 aromatic carbocycles. The Labute approximate surface area is 185 Å². The molecule has 0 heterocycles. The van der Waals surface area contributed by atoms with Gasteiger partial charge in [0, 0.05) is 6.54 Å². The Morgan fingerprint density at radius 3 is 1.31 bits per heavy atom. The van der Waals surface area contributed by atoms with Gasteiger partial charge in [-0.05, 0) is 13.0 Å². The summed E-state index contributed by atoms with van der Waals surface area (Å²) in [7, 11) is -4.06. The van der Waals surface area contributed by atoms with E-state index in [-0.39, 0.29) is 41.9 Å². The molecule has 0 unspecified atom stereocenters. The average Bonchev–Trinajstić information content (AvgIpc) is 2.56. The number of hydrogen-bond acceptors (Lipinski definition) is 4. The molecule has 26 heavy (non-hydrogen) atoms. The molecule has 1 N–H and O–H groups in total. The monoisotopic (exact) mass is 399 g/mol. The van der Waals surface area contributed by atoms with Crippen LogP contribution in [0.3, 0.4) is 0 Å². The maximum absolute atomic E-state index is 10.4. The van der Waals surface area contributed by atoms with E-state index >= 15 is 0 Å². The molecular weight excluding hydrogens is 357 g/mol. The molecule has 0 aromatic rings. The van der Waals surface area contributed by atoms with Gasteiger partial charge in [0.25, 0.3) is 0 Å². The molecular formula is C20H42NNaO3S. The summed E-state index contributed by atoms with van der Waals surface area (Å²) < 4.78 is 31.3. The second-order valence-corrected chi connectivity index (χ2v) is 8.84. The first-order valence-electron chi connectivity index (χ1n) is 10.7. The van der Waals surface area contributed by atoms with Crippen LogP contribution in [0.25, 0.3) is 0 Å². The minimum Gasteiger partial charge on any atom is -0.748 e. The van der Waals surface area contributed by atoms with E-state index in [2.05, 4.69) is 12.2 Å². The van der Waals surface area contributed by atoms with Gasteiger partial charge < -0.3 is 9.87 Å². The third kappa shape index (κ3) is 27.1. The third-order valence-electron chi connectivity index (χ3n) is 4.74. The molecule has 0 rings (SSSR count). The Kier molecular flexibility index (Phi) is 24.8. The van der Waals surface area contributed by atoms with Gasteiger partial charge in [-0.15, -0.1) is 0 Å². The molecule has 0 saturated heterocycles. The summed E-state index contributed by atoms with van der Waals surface area (Å²) in [6.45, 7) is 3.37. The smallest absolute Gasteiger partial charge is 0.748 e. The van der Waals surface area contributed by atoms with Crippen LogP contribution in [0.1, 0.15) is 110 Å². The second-order valence-electron chi connectivity index (χ2n) is 7.32. The van der Waals surface area contributed by atoms with E-state index in [1.165, 1.54) is 96.3 Å². The number of nitrogens with one attached hydrogen (secondary N) is 1. The first-order chi connectivity index (χ1) is 12.1. The van der Waals surface area contributed by atoms with Gasteiger partial charge in [0.15, 0.2) is 0 Å². The van der Waals surface area contributed by atoms with Crippen LogP contribution in [-0.4, -0.2) is 31.8 Å². The van der Waals surface area contributed by atoms with Gasteiger partial charge >= 0.3 is 29.6 Å². The molecule has 152 valence electrons. The van der Waals surface area contributed by atoms with Crippen LogP contribution in [0.4, 0.5) is 0 Å². The Balaban J connectivity index is 0. The van der Waals surface area contributed by atoms with Gasteiger partial charge in [-0.3, -0.25) is 0 Å². The zero-order chi connectivity index (χ0) is 18.6. The molecule has 0 saturated carbocycles. The molecule has 0 aliphatic carbocycles. The van der Waals surface area contributed by atoms with Crippen LogP contribution in [0, 0.1) is 0 Å². The first-order valence-corrected chi connectivity index (χ1v) is 12.3. The topological polar surface area (TPSA) is 69.2 Å². The Hall–Kier alpha value is 0.870. The van der Waals surface area contributed by atoms with E-state index < -0.39 is 10.1 Å². The normalized spacial score (nSPS) is 11.5. The van der Waals surface area contributed by atoms with Crippen molar-refractivity contribution in [2.24, 2.45) is 0 Å². The van der Waals surface area contributed by atoms with Crippen molar-refractivity contribution in [3.05, 3.63) is 0 Å². The van der Waals surface area contributed by atoms with E-state index in [1.807, 2.05) is 0 Å². The van der Waals surface area contributed by atoms with Crippen molar-refractivity contribution in [2.45, 2.75) is 110 Å². The van der Waals surface area contributed by atoms with Crippen LogP contribution in [0.5, 0.6) is 0 Å². The van der Waals surface area contributed by atoms with Crippen molar-refractivity contribution in [2.75, 3.05) is 18.8 Å². The molecule has 4 nitrogen and oxygen atoms in total. The fraction of sp³-hybridized carbons (Fsp3) is 1.00. The second kappa shape index (κ2) is 22.2. The van der Waals surface area contributed by atoms with E-state index in [4.69, 9.17) is 0 Å². The molecule has 0 spiro atoms. The molecule has 0 radical (unpaired) electrons. The molecule has 0 aliphatic heterocycles. The molecule has 0 amide bonds. The summed E-state index contributed by atoms with van der Waals surface area (Å²) in [5.74, 6) is -0.300. The van der Waals surface area contributed by atoms with E-state index in [9.17, 15) is 13.0 Å². The Morgan fingerprint density at radius 1 is 0.615 bits per heavy atom. The molecule has 6 heteroatoms. The van der Waals surface area contributed by atoms with Crippen LogP contribution >= 0.6 is 0 Å². The summed E-state index contributed by atoms with van der Waals surface area (Å²) in [5, 5.41) is 3.01. The zero-order valence-corrected chi connectivity index (χ0v) is 20.4. The van der Waals surface area contributed by atoms with Crippen molar-refractivity contribution in [1.82, 2.24) is 5.32 Å². The van der Waals surface area contributed by atoms with Crippen molar-refractivity contribution in [3.8, 4) is 0 Å². The summed E-state index contributed by atoms with van der Waals surface area (Å²) in [6.07, 6.45) is 21.6. The molecule has 0 aromatic heterocycles. The fourth-order valence-corrected chi connectivity index (χ4v) is 3.51. The Morgan fingerprint density at radius 2 is 0.962 bits per heavy atom. The summed E-state index contributed by atoms with van der Waals surface area (Å²) in [4.78, 5) is 0. The van der Waals surface area contributed by atoms with Gasteiger partial charge in [-0.25, -0.2) is 8.42 Å². The van der Waals surface area contributed by atoms with Crippen molar-refractivity contribution >= 4 is 10.1 Å². The van der Waals surface area contributed by atoms with Gasteiger partial charge in [0.1, 0.15) is 0 Å². The van der Waals surface area contributed by atoms with Crippen LogP contribution < -0.4 is 34.9 Å². The minimum absolute atomic E-state index is 0. The number of rotatable bonds is 20. The Bertz CT molecular complexity index is 364. The van der Waals surface area contributed by atoms with Gasteiger partial charge in [0.2, 0.25) is 0 Å². The van der Waals surface area contributed by atoms with E-state index in [1.54, 1.807) is 0 Å². The summed E-state index contributed by atoms with van der Waals surface area (Å²) in [6, 6.07) is 0. The quantitative estimate of drug-likeness (QED) is 0.194. The summed E-state index contributed by atoms with van der Waals surface area (Å²) >= 11 is 0. The van der Waals surface area contributed by atoms with Gasteiger partial charge in [0.05, 0.1) is 15.9 Å². The van der Waals surface area contributed by atoms with Crippen molar-refractivity contribution in [3.63, 3.8) is 0 Å². The molecule has 0 aliphatic rings. The SMILES string of the molecule is CCCCCCCCCCCCCCCCCCNCCS(=O)(=O)[O-].[Na+]. The van der Waals surface area contributed by atoms with Crippen LogP contribution in [-0.2, 0) is 10.1 Å². The van der Waals surface area contributed by atoms with Crippen LogP contribution in [0.15, 0.2) is 0 Å². The number of hydrogen-bond donors (Lipinski definition) is 1. The predicted molar refractivity (Wildman–Crippen MR) is 107 cm³/mol. The standard InChI is InChI=1S/C20H43NO3S.Na/c1-2-3-4-5-6-7-8-9-10-11-12-13-14-15-16-17-18-21-19-20-25(22,23)24;/h21H,2-20H2,1H3,(H,22,23,24);/q;+1/p-1. The summed E-state index contributed by atoms with van der Waals surface area (Å²) in [5.41, 5.74) is 0. The average molecular weight is 400 g/mol. The maximum Gasteiger partial charge on any atom is 1.00 e. The minimum atomic E-state index is -4.06. The predicted octanol–water partition coefficient (Wildman–Crippen LogP) is 2.39. The maximum atomic E-state index is 10.4. The van der Waals surface area contributed by atoms with E-state index in [0.29, 0.717) is 0 Å². The van der Waals surface area contributed by atoms with Gasteiger partial charge in [-0.2, -0.15) is 0 Å². The fourth-order valence-electron chi connectivity index (χ4n) is 3.12. The molecule has 0 atom stereocenters. The zero-order valence-electron chi connectivity index (χ0n) is 17.6. The molecule has 0 bridgehead atoms. The first kappa shape index (κ1) is 29.1. The third-order valence-corrected chi connectivity index (χ3v) is 5.44. The van der Waals surface area contributed by atoms with Gasteiger partial charge in [-0.1, -0.05) is 103 Å².